The van der Waals surface area contributed by atoms with Crippen molar-refractivity contribution in [1.82, 2.24) is 0 Å². The van der Waals surface area contributed by atoms with Crippen molar-refractivity contribution in [1.29, 1.82) is 10.7 Å². The number of aliphatic hydroxyl groups is 1. The van der Waals surface area contributed by atoms with Crippen LogP contribution in [-0.4, -0.2) is 16.6 Å². The summed E-state index contributed by atoms with van der Waals surface area (Å²) in [6.07, 6.45) is 0. The molecule has 58 valence electrons. The minimum Gasteiger partial charge on any atom is -0.512 e. The third kappa shape index (κ3) is 2.22. The number of allylic oxidation sites excluding steroid dienone is 2. The van der Waals surface area contributed by atoms with Gasteiger partial charge in [-0.2, -0.15) is 5.26 Å². The molecule has 0 saturated carbocycles. The van der Waals surface area contributed by atoms with E-state index in [1.807, 2.05) is 0 Å². The molecule has 0 radical (unpaired) electrons. The first kappa shape index (κ1) is 9.37. The largest absolute Gasteiger partial charge is 0.512 e. The van der Waals surface area contributed by atoms with Gasteiger partial charge in [0.1, 0.15) is 17.5 Å². The number of Topliss-reactive ketones (excluding diaryl/α,β-unsaturated/α-hetero) is 1. The van der Waals surface area contributed by atoms with Gasteiger partial charge in [0, 0.05) is 0 Å². The second-order valence-electron chi connectivity index (χ2n) is 2.00. The van der Waals surface area contributed by atoms with Crippen molar-refractivity contribution in [2.45, 2.75) is 13.8 Å². The summed E-state index contributed by atoms with van der Waals surface area (Å²) in [5.74, 6) is -0.763. The van der Waals surface area contributed by atoms with Crippen molar-refractivity contribution in [3.8, 4) is 6.07 Å². The molecule has 0 aliphatic heterocycles. The fraction of sp³-hybridized carbons (Fsp3) is 0.286. The molecule has 4 nitrogen and oxygen atoms in total. The second-order valence-corrected chi connectivity index (χ2v) is 2.00. The van der Waals surface area contributed by atoms with Crippen molar-refractivity contribution >= 4 is 11.5 Å². The van der Waals surface area contributed by atoms with Gasteiger partial charge in [0.05, 0.1) is 5.57 Å². The molecule has 0 aromatic rings. The molecule has 0 rings (SSSR count). The van der Waals surface area contributed by atoms with E-state index in [9.17, 15) is 4.79 Å². The number of nitrogens with zero attached hydrogens (tertiary/aromatic N) is 1. The molecule has 4 heteroatoms. The Bertz CT molecular complexity index is 267. The van der Waals surface area contributed by atoms with Crippen molar-refractivity contribution in [2.24, 2.45) is 0 Å². The van der Waals surface area contributed by atoms with Gasteiger partial charge in [-0.05, 0) is 13.8 Å². The van der Waals surface area contributed by atoms with Crippen LogP contribution in [0.15, 0.2) is 11.3 Å². The van der Waals surface area contributed by atoms with Crippen LogP contribution in [0.25, 0.3) is 0 Å². The zero-order chi connectivity index (χ0) is 9.02. The number of hydrogen-bond donors (Lipinski definition) is 2. The van der Waals surface area contributed by atoms with E-state index in [4.69, 9.17) is 15.8 Å². The van der Waals surface area contributed by atoms with Crippen LogP contribution >= 0.6 is 0 Å². The van der Waals surface area contributed by atoms with E-state index in [1.54, 1.807) is 0 Å². The minimum absolute atomic E-state index is 0.215. The first-order chi connectivity index (χ1) is 5.00. The van der Waals surface area contributed by atoms with Crippen LogP contribution in [0.4, 0.5) is 0 Å². The van der Waals surface area contributed by atoms with E-state index < -0.39 is 11.5 Å². The smallest absolute Gasteiger partial charge is 0.166 e. The van der Waals surface area contributed by atoms with Gasteiger partial charge in [0.15, 0.2) is 5.78 Å². The number of carbonyl (C=O) groups excluding carboxylic acids is 1. The highest BCUT2D eigenvalue weighted by Crippen LogP contribution is 2.03. The molecule has 0 heterocycles. The number of hydrogen-bond acceptors (Lipinski definition) is 4. The van der Waals surface area contributed by atoms with E-state index in [0.717, 1.165) is 0 Å². The topological polar surface area (TPSA) is 84.9 Å². The minimum atomic E-state index is -0.502. The van der Waals surface area contributed by atoms with Crippen molar-refractivity contribution < 1.29 is 9.90 Å². The molecule has 11 heavy (non-hydrogen) atoms. The predicted molar refractivity (Wildman–Crippen MR) is 39.3 cm³/mol. The third-order valence-corrected chi connectivity index (χ3v) is 1.08. The van der Waals surface area contributed by atoms with E-state index >= 15 is 0 Å². The predicted octanol–water partition coefficient (Wildman–Crippen LogP) is 0.951. The molecular formula is C7H8N2O2. The SMILES string of the molecule is CC(=O)/C(C(=N)C#N)=C(\C)O. The molecule has 0 bridgehead atoms. The molecule has 0 atom stereocenters. The number of aliphatic hydroxyl groups excluding tert-OH is 1. The summed E-state index contributed by atoms with van der Waals surface area (Å²) >= 11 is 0. The molecule has 0 aliphatic carbocycles. The highest BCUT2D eigenvalue weighted by molar-refractivity contribution is 6.26. The van der Waals surface area contributed by atoms with Gasteiger partial charge in [-0.25, -0.2) is 0 Å². The number of nitrogens with one attached hydrogen (secondary N) is 1. The number of ketones is 1. The normalized spacial score (nSPS) is 11.4. The van der Waals surface area contributed by atoms with Crippen LogP contribution in [0.3, 0.4) is 0 Å². The van der Waals surface area contributed by atoms with E-state index in [2.05, 4.69) is 0 Å². The molecule has 0 amide bonds. The van der Waals surface area contributed by atoms with Crippen molar-refractivity contribution in [2.75, 3.05) is 0 Å². The zero-order valence-electron chi connectivity index (χ0n) is 6.30. The Labute approximate surface area is 64.3 Å². The van der Waals surface area contributed by atoms with Crippen molar-refractivity contribution in [3.05, 3.63) is 11.3 Å². The van der Waals surface area contributed by atoms with Gasteiger partial charge in [-0.1, -0.05) is 0 Å². The lowest BCUT2D eigenvalue weighted by Crippen LogP contribution is -2.09. The Morgan fingerprint density at radius 3 is 2.09 bits per heavy atom. The summed E-state index contributed by atoms with van der Waals surface area (Å²) in [7, 11) is 0. The molecule has 2 N–H and O–H groups in total. The summed E-state index contributed by atoms with van der Waals surface area (Å²) in [6, 6.07) is 1.47. The summed E-state index contributed by atoms with van der Waals surface area (Å²) in [4.78, 5) is 10.7. The fourth-order valence-corrected chi connectivity index (χ4v) is 0.668. The van der Waals surface area contributed by atoms with Crippen LogP contribution in [0.5, 0.6) is 0 Å². The maximum absolute atomic E-state index is 10.7. The maximum Gasteiger partial charge on any atom is 0.166 e. The average Bonchev–Trinajstić information content (AvgIpc) is 1.85. The van der Waals surface area contributed by atoms with Crippen molar-refractivity contribution in [3.63, 3.8) is 0 Å². The molecule has 0 spiro atoms. The first-order valence-corrected chi connectivity index (χ1v) is 2.90. The zero-order valence-corrected chi connectivity index (χ0v) is 6.30. The molecule has 0 aromatic heterocycles. The Hall–Kier alpha value is -1.63. The molecule has 0 aromatic carbocycles. The molecule has 0 aliphatic rings. The van der Waals surface area contributed by atoms with Gasteiger partial charge in [-0.3, -0.25) is 10.2 Å². The average molecular weight is 152 g/mol. The van der Waals surface area contributed by atoms with Crippen LogP contribution in [0.1, 0.15) is 13.8 Å². The van der Waals surface area contributed by atoms with E-state index in [1.165, 1.54) is 19.9 Å². The van der Waals surface area contributed by atoms with Crippen LogP contribution in [0, 0.1) is 16.7 Å². The highest BCUT2D eigenvalue weighted by atomic mass is 16.3. The Balaban J connectivity index is 4.99. The van der Waals surface area contributed by atoms with Crippen LogP contribution in [-0.2, 0) is 4.79 Å². The Morgan fingerprint density at radius 1 is 1.55 bits per heavy atom. The molecule has 0 fully saturated rings. The van der Waals surface area contributed by atoms with Crippen LogP contribution < -0.4 is 0 Å². The summed E-state index contributed by atoms with van der Waals surface area (Å²) in [5, 5.41) is 24.0. The number of nitriles is 1. The lowest BCUT2D eigenvalue weighted by Gasteiger charge is -1.98. The second kappa shape index (κ2) is 3.52. The number of carbonyl (C=O) groups is 1. The number of rotatable bonds is 2. The van der Waals surface area contributed by atoms with E-state index in [-0.39, 0.29) is 11.3 Å². The highest BCUT2D eigenvalue weighted by Gasteiger charge is 2.12. The van der Waals surface area contributed by atoms with Gasteiger partial charge in [0.2, 0.25) is 0 Å². The van der Waals surface area contributed by atoms with Crippen LogP contribution in [0.2, 0.25) is 0 Å². The summed E-state index contributed by atoms with van der Waals surface area (Å²) in [5.41, 5.74) is -0.718. The van der Waals surface area contributed by atoms with Gasteiger partial charge in [-0.15, -0.1) is 0 Å². The van der Waals surface area contributed by atoms with E-state index in [0.29, 0.717) is 0 Å². The standard InChI is InChI=1S/C7H8N2O2/c1-4(10)7(5(2)11)6(9)3-8/h9-10H,1-2H3/b7-4-,9-6?. The lowest BCUT2D eigenvalue weighted by molar-refractivity contribution is -0.113. The molecule has 0 unspecified atom stereocenters. The Kier molecular flexibility index (Phi) is 3.00. The Morgan fingerprint density at radius 2 is 2.00 bits per heavy atom. The molecule has 0 saturated heterocycles. The summed E-state index contributed by atoms with van der Waals surface area (Å²) in [6.45, 7) is 2.46. The quantitative estimate of drug-likeness (QED) is 0.351. The molecular weight excluding hydrogens is 144 g/mol. The third-order valence-electron chi connectivity index (χ3n) is 1.08. The summed E-state index contributed by atoms with van der Waals surface area (Å²) < 4.78 is 0. The van der Waals surface area contributed by atoms with Gasteiger partial charge >= 0.3 is 0 Å². The first-order valence-electron chi connectivity index (χ1n) is 2.90. The van der Waals surface area contributed by atoms with Gasteiger partial charge in [0.25, 0.3) is 0 Å². The monoisotopic (exact) mass is 152 g/mol. The lowest BCUT2D eigenvalue weighted by atomic mass is 10.1. The fourth-order valence-electron chi connectivity index (χ4n) is 0.668. The van der Waals surface area contributed by atoms with Gasteiger partial charge < -0.3 is 5.11 Å². The maximum atomic E-state index is 10.7.